The van der Waals surface area contributed by atoms with Gasteiger partial charge in [0.1, 0.15) is 11.8 Å². The number of benzene rings is 2. The minimum Gasteiger partial charge on any atom is -0.497 e. The quantitative estimate of drug-likeness (QED) is 0.433. The van der Waals surface area contributed by atoms with E-state index in [2.05, 4.69) is 10.0 Å². The second kappa shape index (κ2) is 11.9. The molecule has 1 amide bonds. The molecule has 2 aromatic carbocycles. The Balaban J connectivity index is 1.73. The van der Waals surface area contributed by atoms with Crippen LogP contribution in [0.3, 0.4) is 0 Å². The third-order valence-electron chi connectivity index (χ3n) is 5.15. The minimum absolute atomic E-state index is 0.0296. The molecule has 10 nitrogen and oxygen atoms in total. The Morgan fingerprint density at radius 3 is 2.41 bits per heavy atom. The van der Waals surface area contributed by atoms with Crippen molar-refractivity contribution in [1.29, 1.82) is 0 Å². The minimum atomic E-state index is -4.05. The van der Waals surface area contributed by atoms with E-state index in [4.69, 9.17) is 19.3 Å². The van der Waals surface area contributed by atoms with Crippen molar-refractivity contribution < 1.29 is 37.3 Å². The number of carboxylic acid groups (broad SMARTS) is 1. The zero-order valence-corrected chi connectivity index (χ0v) is 19.5. The molecule has 34 heavy (non-hydrogen) atoms. The second-order valence-electron chi connectivity index (χ2n) is 7.74. The summed E-state index contributed by atoms with van der Waals surface area (Å²) in [6, 6.07) is 10.8. The smallest absolute Gasteiger partial charge is 0.307 e. The van der Waals surface area contributed by atoms with Crippen LogP contribution in [0.1, 0.15) is 24.8 Å². The number of carbonyl (C=O) groups excluding carboxylic acids is 1. The average molecular weight is 493 g/mol. The first-order valence-electron chi connectivity index (χ1n) is 10.8. The number of methoxy groups -OCH3 is 1. The van der Waals surface area contributed by atoms with Gasteiger partial charge in [0.15, 0.2) is 6.29 Å². The van der Waals surface area contributed by atoms with Gasteiger partial charge in [-0.15, -0.1) is 0 Å². The van der Waals surface area contributed by atoms with Gasteiger partial charge in [0, 0.05) is 12.3 Å². The van der Waals surface area contributed by atoms with E-state index in [-0.39, 0.29) is 17.9 Å². The summed E-state index contributed by atoms with van der Waals surface area (Å²) in [5, 5.41) is 11.5. The zero-order valence-electron chi connectivity index (χ0n) is 18.7. The van der Waals surface area contributed by atoms with E-state index in [9.17, 15) is 18.0 Å². The molecule has 2 aromatic rings. The van der Waals surface area contributed by atoms with Gasteiger partial charge in [-0.1, -0.05) is 12.1 Å². The number of rotatable bonds is 11. The molecule has 1 saturated heterocycles. The van der Waals surface area contributed by atoms with Crippen LogP contribution < -0.4 is 14.8 Å². The summed E-state index contributed by atoms with van der Waals surface area (Å²) < 4.78 is 44.5. The van der Waals surface area contributed by atoms with Crippen LogP contribution in [-0.2, 0) is 35.5 Å². The molecule has 184 valence electrons. The predicted molar refractivity (Wildman–Crippen MR) is 123 cm³/mol. The lowest BCUT2D eigenvalue weighted by Crippen LogP contribution is -2.47. The molecule has 1 fully saturated rings. The van der Waals surface area contributed by atoms with Crippen molar-refractivity contribution in [2.75, 3.05) is 25.6 Å². The first-order chi connectivity index (χ1) is 16.3. The highest BCUT2D eigenvalue weighted by molar-refractivity contribution is 7.89. The van der Waals surface area contributed by atoms with Gasteiger partial charge in [-0.05, 0) is 61.2 Å². The SMILES string of the molecule is COc1ccc(S(=O)(=O)N[C@@H](COC2CCCCO2)C(=O)Nc2ccc(CC(=O)O)cc2)cc1. The van der Waals surface area contributed by atoms with Crippen molar-refractivity contribution >= 4 is 27.6 Å². The number of sulfonamides is 1. The van der Waals surface area contributed by atoms with Gasteiger partial charge in [-0.25, -0.2) is 8.42 Å². The van der Waals surface area contributed by atoms with Crippen LogP contribution in [0.15, 0.2) is 53.4 Å². The molecule has 1 heterocycles. The van der Waals surface area contributed by atoms with Gasteiger partial charge in [0.2, 0.25) is 15.9 Å². The molecule has 1 unspecified atom stereocenters. The zero-order chi connectivity index (χ0) is 24.6. The molecule has 0 aromatic heterocycles. The number of carboxylic acids is 1. The monoisotopic (exact) mass is 492 g/mol. The summed E-state index contributed by atoms with van der Waals surface area (Å²) in [7, 11) is -2.57. The van der Waals surface area contributed by atoms with E-state index in [0.29, 0.717) is 30.0 Å². The molecule has 0 radical (unpaired) electrons. The Morgan fingerprint density at radius 1 is 1.12 bits per heavy atom. The van der Waals surface area contributed by atoms with E-state index in [1.807, 2.05) is 0 Å². The molecular weight excluding hydrogens is 464 g/mol. The number of amides is 1. The molecule has 1 aliphatic heterocycles. The molecule has 11 heteroatoms. The standard InChI is InChI=1S/C23H28N2O8S/c1-31-18-9-11-19(12-10-18)34(29,30)25-20(15-33-22-4-2-3-13-32-22)23(28)24-17-7-5-16(6-8-17)14-21(26)27/h5-12,20,22,25H,2-4,13-15H2,1H3,(H,24,28)(H,26,27)/t20-,22?/m0/s1. The van der Waals surface area contributed by atoms with Crippen LogP contribution >= 0.6 is 0 Å². The molecule has 0 aliphatic carbocycles. The third kappa shape index (κ3) is 7.52. The molecule has 3 N–H and O–H groups in total. The number of ether oxygens (including phenoxy) is 3. The molecule has 2 atom stereocenters. The van der Waals surface area contributed by atoms with E-state index >= 15 is 0 Å². The lowest BCUT2D eigenvalue weighted by molar-refractivity contribution is -0.166. The Kier molecular flexibility index (Phi) is 8.99. The highest BCUT2D eigenvalue weighted by Crippen LogP contribution is 2.18. The Bertz CT molecular complexity index is 1070. The van der Waals surface area contributed by atoms with Gasteiger partial charge in [0.25, 0.3) is 0 Å². The maximum absolute atomic E-state index is 13.0. The van der Waals surface area contributed by atoms with Crippen LogP contribution in [0, 0.1) is 0 Å². The van der Waals surface area contributed by atoms with E-state index < -0.39 is 34.2 Å². The largest absolute Gasteiger partial charge is 0.497 e. The van der Waals surface area contributed by atoms with Gasteiger partial charge in [-0.2, -0.15) is 4.72 Å². The fraction of sp³-hybridized carbons (Fsp3) is 0.391. The molecule has 3 rings (SSSR count). The van der Waals surface area contributed by atoms with Crippen LogP contribution in [0.25, 0.3) is 0 Å². The third-order valence-corrected chi connectivity index (χ3v) is 6.63. The number of nitrogens with one attached hydrogen (secondary N) is 2. The lowest BCUT2D eigenvalue weighted by Gasteiger charge is -2.25. The highest BCUT2D eigenvalue weighted by atomic mass is 32.2. The van der Waals surface area contributed by atoms with Crippen molar-refractivity contribution in [3.8, 4) is 5.75 Å². The van der Waals surface area contributed by atoms with Gasteiger partial charge in [-0.3, -0.25) is 9.59 Å². The Morgan fingerprint density at radius 2 is 1.82 bits per heavy atom. The van der Waals surface area contributed by atoms with E-state index in [0.717, 1.165) is 12.8 Å². The normalized spacial score (nSPS) is 17.0. The highest BCUT2D eigenvalue weighted by Gasteiger charge is 2.28. The van der Waals surface area contributed by atoms with Gasteiger partial charge >= 0.3 is 5.97 Å². The maximum Gasteiger partial charge on any atom is 0.307 e. The fourth-order valence-electron chi connectivity index (χ4n) is 3.33. The van der Waals surface area contributed by atoms with Gasteiger partial charge in [0.05, 0.1) is 25.0 Å². The summed E-state index contributed by atoms with van der Waals surface area (Å²) >= 11 is 0. The summed E-state index contributed by atoms with van der Waals surface area (Å²) in [6.07, 6.45) is 1.84. The first-order valence-corrected chi connectivity index (χ1v) is 12.3. The summed E-state index contributed by atoms with van der Waals surface area (Å²) in [4.78, 5) is 23.8. The van der Waals surface area contributed by atoms with Gasteiger partial charge < -0.3 is 24.6 Å². The number of carbonyl (C=O) groups is 2. The van der Waals surface area contributed by atoms with E-state index in [1.165, 1.54) is 31.4 Å². The van der Waals surface area contributed by atoms with Crippen LogP contribution in [-0.4, -0.2) is 58.1 Å². The molecule has 0 saturated carbocycles. The van der Waals surface area contributed by atoms with Crippen molar-refractivity contribution in [1.82, 2.24) is 4.72 Å². The van der Waals surface area contributed by atoms with Crippen molar-refractivity contribution in [2.24, 2.45) is 0 Å². The van der Waals surface area contributed by atoms with Crippen molar-refractivity contribution in [3.05, 3.63) is 54.1 Å². The number of hydrogen-bond donors (Lipinski definition) is 3. The second-order valence-corrected chi connectivity index (χ2v) is 9.45. The van der Waals surface area contributed by atoms with Crippen LogP contribution in [0.4, 0.5) is 5.69 Å². The first kappa shape index (κ1) is 25.6. The fourth-order valence-corrected chi connectivity index (χ4v) is 4.51. The number of hydrogen-bond acceptors (Lipinski definition) is 7. The molecule has 0 bridgehead atoms. The number of aliphatic carboxylic acids is 1. The maximum atomic E-state index is 13.0. The summed E-state index contributed by atoms with van der Waals surface area (Å²) in [6.45, 7) is 0.310. The van der Waals surface area contributed by atoms with Crippen molar-refractivity contribution in [3.63, 3.8) is 0 Å². The Labute approximate surface area is 198 Å². The van der Waals surface area contributed by atoms with Crippen molar-refractivity contribution in [2.45, 2.75) is 42.9 Å². The topological polar surface area (TPSA) is 140 Å². The van der Waals surface area contributed by atoms with Crippen LogP contribution in [0.5, 0.6) is 5.75 Å². The Hall–Kier alpha value is -2.99. The lowest BCUT2D eigenvalue weighted by atomic mass is 10.1. The molecular formula is C23H28N2O8S. The average Bonchev–Trinajstić information content (AvgIpc) is 2.83. The summed E-state index contributed by atoms with van der Waals surface area (Å²) in [5.41, 5.74) is 0.960. The number of anilines is 1. The predicted octanol–water partition coefficient (Wildman–Crippen LogP) is 2.15. The molecule has 0 spiro atoms. The molecule has 1 aliphatic rings. The van der Waals surface area contributed by atoms with E-state index in [1.54, 1.807) is 24.3 Å². The van der Waals surface area contributed by atoms with Crippen LogP contribution in [0.2, 0.25) is 0 Å². The summed E-state index contributed by atoms with van der Waals surface area (Å²) in [5.74, 6) is -1.09.